The summed E-state index contributed by atoms with van der Waals surface area (Å²) in [5.41, 5.74) is 0.240. The Hall–Kier alpha value is -2.94. The molecule has 2 saturated heterocycles. The van der Waals surface area contributed by atoms with E-state index in [-0.39, 0.29) is 36.2 Å². The summed E-state index contributed by atoms with van der Waals surface area (Å²) in [7, 11) is 0. The van der Waals surface area contributed by atoms with E-state index in [1.165, 1.54) is 0 Å². The fraction of sp³-hybridized carbons (Fsp3) is 0.583. The summed E-state index contributed by atoms with van der Waals surface area (Å²) in [6, 6.07) is 7.25. The van der Waals surface area contributed by atoms with E-state index in [1.807, 2.05) is 31.7 Å². The number of carbonyl (C=O) groups is 4. The molecule has 9 heteroatoms. The third-order valence-corrected chi connectivity index (χ3v) is 7.15. The molecule has 1 N–H and O–H groups in total. The van der Waals surface area contributed by atoms with Crippen molar-refractivity contribution in [3.05, 3.63) is 29.8 Å². The lowest BCUT2D eigenvalue weighted by molar-refractivity contribution is -0.135. The van der Waals surface area contributed by atoms with Gasteiger partial charge in [-0.1, -0.05) is 19.1 Å². The van der Waals surface area contributed by atoms with E-state index >= 15 is 0 Å². The van der Waals surface area contributed by atoms with E-state index in [9.17, 15) is 19.2 Å². The Bertz CT molecular complexity index is 958. The lowest BCUT2D eigenvalue weighted by atomic mass is 9.98. The molecule has 2 fully saturated rings. The molecule has 3 aliphatic heterocycles. The van der Waals surface area contributed by atoms with Crippen LogP contribution in [-0.4, -0.2) is 89.3 Å². The molecule has 0 aromatic heterocycles. The molecule has 0 radical (unpaired) electrons. The molecule has 0 aliphatic carbocycles. The molecule has 9 nitrogen and oxygen atoms in total. The van der Waals surface area contributed by atoms with Gasteiger partial charge >= 0.3 is 0 Å². The molecule has 3 heterocycles. The number of anilines is 1. The number of amides is 4. The molecule has 1 aromatic carbocycles. The van der Waals surface area contributed by atoms with Crippen LogP contribution in [0.25, 0.3) is 0 Å². The predicted molar refractivity (Wildman–Crippen MR) is 124 cm³/mol. The van der Waals surface area contributed by atoms with Gasteiger partial charge in [-0.05, 0) is 38.8 Å². The molecule has 3 aliphatic rings. The van der Waals surface area contributed by atoms with Crippen molar-refractivity contribution in [3.8, 4) is 0 Å². The average molecular weight is 456 g/mol. The zero-order valence-corrected chi connectivity index (χ0v) is 19.7. The van der Waals surface area contributed by atoms with E-state index in [0.717, 1.165) is 6.42 Å². The number of nitrogens with zero attached hydrogens (tertiary/aromatic N) is 4. The van der Waals surface area contributed by atoms with Crippen LogP contribution in [0, 0.1) is 0 Å². The summed E-state index contributed by atoms with van der Waals surface area (Å²) in [4.78, 5) is 58.4. The molecule has 1 aromatic rings. The third kappa shape index (κ3) is 4.34. The summed E-state index contributed by atoms with van der Waals surface area (Å²) < 4.78 is 0. The van der Waals surface area contributed by atoms with Gasteiger partial charge in [-0.3, -0.25) is 29.0 Å². The normalized spacial score (nSPS) is 23.9. The standard InChI is InChI=1S/C24H33N5O4/c1-4-17(2)25-20(30)15-26-11-13-27(14-12-26)22(32)16-28-23(33)18-7-5-6-8-19(18)29-21(31)9-10-24(28,29)3/h5-8,17H,4,9-16H2,1-3H3,(H,25,30). The summed E-state index contributed by atoms with van der Waals surface area (Å²) in [6.07, 6.45) is 1.73. The van der Waals surface area contributed by atoms with E-state index < -0.39 is 5.66 Å². The van der Waals surface area contributed by atoms with Crippen LogP contribution in [0.15, 0.2) is 24.3 Å². The molecule has 178 valence electrons. The predicted octanol–water partition coefficient (Wildman–Crippen LogP) is 1.04. The zero-order chi connectivity index (χ0) is 23.8. The van der Waals surface area contributed by atoms with Crippen LogP contribution in [0.2, 0.25) is 0 Å². The summed E-state index contributed by atoms with van der Waals surface area (Å²) in [6.45, 7) is 8.37. The Kier molecular flexibility index (Phi) is 6.43. The fourth-order valence-electron chi connectivity index (χ4n) is 4.96. The topological polar surface area (TPSA) is 93.3 Å². The van der Waals surface area contributed by atoms with Gasteiger partial charge in [0.25, 0.3) is 5.91 Å². The number of rotatable bonds is 6. The van der Waals surface area contributed by atoms with Gasteiger partial charge in [0, 0.05) is 38.6 Å². The van der Waals surface area contributed by atoms with E-state index in [2.05, 4.69) is 5.32 Å². The Labute approximate surface area is 194 Å². The Morgan fingerprint density at radius 2 is 1.79 bits per heavy atom. The average Bonchev–Trinajstić information content (AvgIpc) is 3.12. The smallest absolute Gasteiger partial charge is 0.258 e. The van der Waals surface area contributed by atoms with Crippen LogP contribution in [-0.2, 0) is 14.4 Å². The third-order valence-electron chi connectivity index (χ3n) is 7.15. The first-order chi connectivity index (χ1) is 15.7. The van der Waals surface area contributed by atoms with E-state index in [4.69, 9.17) is 0 Å². The van der Waals surface area contributed by atoms with Crippen molar-refractivity contribution in [3.63, 3.8) is 0 Å². The number of benzene rings is 1. The zero-order valence-electron chi connectivity index (χ0n) is 19.7. The van der Waals surface area contributed by atoms with Crippen LogP contribution >= 0.6 is 0 Å². The highest BCUT2D eigenvalue weighted by Gasteiger charge is 2.53. The van der Waals surface area contributed by atoms with Crippen LogP contribution < -0.4 is 10.2 Å². The van der Waals surface area contributed by atoms with Crippen LogP contribution in [0.1, 0.15) is 50.4 Å². The van der Waals surface area contributed by atoms with Gasteiger partial charge < -0.3 is 15.1 Å². The minimum atomic E-state index is -0.839. The van der Waals surface area contributed by atoms with Crippen molar-refractivity contribution < 1.29 is 19.2 Å². The van der Waals surface area contributed by atoms with Gasteiger partial charge in [0.15, 0.2) is 0 Å². The van der Waals surface area contributed by atoms with Gasteiger partial charge in [-0.2, -0.15) is 0 Å². The second-order valence-corrected chi connectivity index (χ2v) is 9.39. The summed E-state index contributed by atoms with van der Waals surface area (Å²) in [5, 5.41) is 2.97. The number of para-hydroxylation sites is 1. The minimum absolute atomic E-state index is 0.000576. The maximum Gasteiger partial charge on any atom is 0.258 e. The lowest BCUT2D eigenvalue weighted by Crippen LogP contribution is -2.64. The summed E-state index contributed by atoms with van der Waals surface area (Å²) in [5.74, 6) is -0.375. The van der Waals surface area contributed by atoms with E-state index in [0.29, 0.717) is 56.8 Å². The van der Waals surface area contributed by atoms with Crippen LogP contribution in [0.5, 0.6) is 0 Å². The fourth-order valence-corrected chi connectivity index (χ4v) is 4.96. The van der Waals surface area contributed by atoms with Crippen molar-refractivity contribution in [2.45, 2.75) is 51.7 Å². The number of nitrogens with one attached hydrogen (secondary N) is 1. The highest BCUT2D eigenvalue weighted by molar-refractivity contribution is 6.11. The Morgan fingerprint density at radius 1 is 1.09 bits per heavy atom. The van der Waals surface area contributed by atoms with Gasteiger partial charge in [0.05, 0.1) is 17.8 Å². The van der Waals surface area contributed by atoms with Gasteiger partial charge in [-0.25, -0.2) is 0 Å². The Morgan fingerprint density at radius 3 is 2.48 bits per heavy atom. The maximum absolute atomic E-state index is 13.3. The molecule has 0 bridgehead atoms. The first-order valence-electron chi connectivity index (χ1n) is 11.8. The molecular weight excluding hydrogens is 422 g/mol. The van der Waals surface area contributed by atoms with Crippen molar-refractivity contribution in [2.24, 2.45) is 0 Å². The Balaban J connectivity index is 1.40. The monoisotopic (exact) mass is 455 g/mol. The highest BCUT2D eigenvalue weighted by Crippen LogP contribution is 2.43. The minimum Gasteiger partial charge on any atom is -0.353 e. The molecule has 4 rings (SSSR count). The number of hydrogen-bond acceptors (Lipinski definition) is 5. The largest absolute Gasteiger partial charge is 0.353 e. The first-order valence-corrected chi connectivity index (χ1v) is 11.8. The van der Waals surface area contributed by atoms with Crippen LogP contribution in [0.4, 0.5) is 5.69 Å². The van der Waals surface area contributed by atoms with Crippen molar-refractivity contribution in [2.75, 3.05) is 44.2 Å². The molecule has 0 saturated carbocycles. The number of hydrogen-bond donors (Lipinski definition) is 1. The second kappa shape index (κ2) is 9.13. The van der Waals surface area contributed by atoms with Gasteiger partial charge in [0.1, 0.15) is 12.2 Å². The number of carbonyl (C=O) groups excluding carboxylic acids is 4. The van der Waals surface area contributed by atoms with Gasteiger partial charge in [0.2, 0.25) is 17.7 Å². The van der Waals surface area contributed by atoms with Gasteiger partial charge in [-0.15, -0.1) is 0 Å². The maximum atomic E-state index is 13.3. The molecule has 0 spiro atoms. The number of piperazine rings is 1. The van der Waals surface area contributed by atoms with Crippen molar-refractivity contribution in [1.29, 1.82) is 0 Å². The molecule has 33 heavy (non-hydrogen) atoms. The van der Waals surface area contributed by atoms with Crippen LogP contribution in [0.3, 0.4) is 0 Å². The second-order valence-electron chi connectivity index (χ2n) is 9.39. The summed E-state index contributed by atoms with van der Waals surface area (Å²) >= 11 is 0. The van der Waals surface area contributed by atoms with Crippen molar-refractivity contribution >= 4 is 29.3 Å². The first kappa shape index (κ1) is 23.2. The highest BCUT2D eigenvalue weighted by atomic mass is 16.2. The molecule has 2 atom stereocenters. The number of fused-ring (bicyclic) bond motifs is 3. The lowest BCUT2D eigenvalue weighted by Gasteiger charge is -2.49. The quantitative estimate of drug-likeness (QED) is 0.692. The molecular formula is C24H33N5O4. The SMILES string of the molecule is CCC(C)NC(=O)CN1CCN(C(=O)CN2C(=O)c3ccccc3N3C(=O)CCC23C)CC1. The molecule has 2 unspecified atom stereocenters. The van der Waals surface area contributed by atoms with E-state index in [1.54, 1.807) is 32.9 Å². The molecule has 4 amide bonds. The van der Waals surface area contributed by atoms with Crippen molar-refractivity contribution in [1.82, 2.24) is 20.0 Å².